The smallest absolute Gasteiger partial charge is 0.227 e. The Labute approximate surface area is 129 Å². The molecule has 0 atom stereocenters. The van der Waals surface area contributed by atoms with Crippen LogP contribution in [0.4, 0.5) is 0 Å². The fraction of sp³-hybridized carbons (Fsp3) is 0.941. The Morgan fingerprint density at radius 1 is 1.19 bits per heavy atom. The van der Waals surface area contributed by atoms with Gasteiger partial charge in [0.2, 0.25) is 5.91 Å². The monoisotopic (exact) mass is 295 g/mol. The minimum Gasteiger partial charge on any atom is -0.354 e. The van der Waals surface area contributed by atoms with Crippen molar-refractivity contribution in [2.24, 2.45) is 17.1 Å². The van der Waals surface area contributed by atoms with Crippen molar-refractivity contribution in [3.63, 3.8) is 0 Å². The Balaban J connectivity index is 1.74. The number of carbonyl (C=O) groups is 1. The van der Waals surface area contributed by atoms with Gasteiger partial charge in [-0.15, -0.1) is 0 Å². The maximum absolute atomic E-state index is 12.6. The Kier molecular flexibility index (Phi) is 6.49. The Morgan fingerprint density at radius 2 is 1.81 bits per heavy atom. The van der Waals surface area contributed by atoms with E-state index in [1.807, 2.05) is 0 Å². The molecule has 1 saturated carbocycles. The normalized spacial score (nSPS) is 31.6. The molecule has 0 unspecified atom stereocenters. The van der Waals surface area contributed by atoms with Crippen LogP contribution < -0.4 is 11.1 Å². The second kappa shape index (κ2) is 8.14. The summed E-state index contributed by atoms with van der Waals surface area (Å²) in [6.07, 6.45) is 9.51. The number of carbonyl (C=O) groups excluding carboxylic acids is 1. The second-order valence-corrected chi connectivity index (χ2v) is 7.18. The highest BCUT2D eigenvalue weighted by Gasteiger charge is 2.39. The summed E-state index contributed by atoms with van der Waals surface area (Å²) < 4.78 is 0. The Hall–Kier alpha value is -0.610. The summed E-state index contributed by atoms with van der Waals surface area (Å²) in [7, 11) is 0. The lowest BCUT2D eigenvalue weighted by atomic mass is 9.70. The summed E-state index contributed by atoms with van der Waals surface area (Å²) >= 11 is 0. The van der Waals surface area contributed by atoms with Crippen molar-refractivity contribution >= 4 is 5.91 Å². The first kappa shape index (κ1) is 16.8. The van der Waals surface area contributed by atoms with Crippen molar-refractivity contribution in [2.45, 2.75) is 58.3 Å². The van der Waals surface area contributed by atoms with E-state index >= 15 is 0 Å². The number of hydrogen-bond acceptors (Lipinski definition) is 3. The summed E-state index contributed by atoms with van der Waals surface area (Å²) in [5, 5.41) is 3.17. The number of nitrogens with one attached hydrogen (secondary N) is 1. The molecule has 0 bridgehead atoms. The molecule has 0 aromatic carbocycles. The van der Waals surface area contributed by atoms with Crippen LogP contribution in [-0.2, 0) is 4.79 Å². The number of nitrogens with zero attached hydrogens (tertiary/aromatic N) is 1. The molecule has 1 saturated heterocycles. The van der Waals surface area contributed by atoms with Crippen molar-refractivity contribution in [3.05, 3.63) is 0 Å². The Bertz CT molecular complexity index is 316. The molecule has 0 radical (unpaired) electrons. The van der Waals surface area contributed by atoms with Crippen molar-refractivity contribution in [1.82, 2.24) is 10.2 Å². The highest BCUT2D eigenvalue weighted by molar-refractivity contribution is 5.83. The topological polar surface area (TPSA) is 58.4 Å². The average molecular weight is 295 g/mol. The number of likely N-dealkylation sites (tertiary alicyclic amines) is 1. The summed E-state index contributed by atoms with van der Waals surface area (Å²) in [5.74, 6) is 0.946. The van der Waals surface area contributed by atoms with Gasteiger partial charge in [0.15, 0.2) is 0 Å². The van der Waals surface area contributed by atoms with E-state index in [0.717, 1.165) is 44.7 Å². The molecule has 4 nitrogen and oxygen atoms in total. The maximum atomic E-state index is 12.6. The van der Waals surface area contributed by atoms with E-state index in [-0.39, 0.29) is 11.3 Å². The van der Waals surface area contributed by atoms with Gasteiger partial charge in [0, 0.05) is 19.6 Å². The largest absolute Gasteiger partial charge is 0.354 e. The van der Waals surface area contributed by atoms with E-state index in [4.69, 9.17) is 5.73 Å². The van der Waals surface area contributed by atoms with Gasteiger partial charge in [0.25, 0.3) is 0 Å². The van der Waals surface area contributed by atoms with Gasteiger partial charge in [0.1, 0.15) is 0 Å². The summed E-state index contributed by atoms with van der Waals surface area (Å²) in [6, 6.07) is 0. The SMILES string of the molecule is CC1CCC(CN)(C(=O)NCCN2CCCCCC2)CC1. The molecule has 122 valence electrons. The summed E-state index contributed by atoms with van der Waals surface area (Å²) in [6.45, 7) is 6.91. The molecule has 1 aliphatic heterocycles. The van der Waals surface area contributed by atoms with Crippen LogP contribution in [0.5, 0.6) is 0 Å². The minimum absolute atomic E-state index is 0.201. The van der Waals surface area contributed by atoms with Crippen LogP contribution in [0.15, 0.2) is 0 Å². The maximum Gasteiger partial charge on any atom is 0.227 e. The van der Waals surface area contributed by atoms with Gasteiger partial charge in [-0.05, 0) is 57.5 Å². The molecule has 2 fully saturated rings. The summed E-state index contributed by atoms with van der Waals surface area (Å²) in [5.41, 5.74) is 5.66. The van der Waals surface area contributed by atoms with Gasteiger partial charge in [-0.2, -0.15) is 0 Å². The lowest BCUT2D eigenvalue weighted by molar-refractivity contribution is -0.132. The number of nitrogens with two attached hydrogens (primary N) is 1. The summed E-state index contributed by atoms with van der Waals surface area (Å²) in [4.78, 5) is 15.0. The predicted molar refractivity (Wildman–Crippen MR) is 87.0 cm³/mol. The minimum atomic E-state index is -0.286. The molecular formula is C17H33N3O. The molecule has 0 aromatic heterocycles. The van der Waals surface area contributed by atoms with Crippen LogP contribution in [0.1, 0.15) is 58.3 Å². The molecule has 1 aliphatic carbocycles. The molecule has 1 heterocycles. The van der Waals surface area contributed by atoms with Gasteiger partial charge in [-0.3, -0.25) is 4.79 Å². The molecular weight excluding hydrogens is 262 g/mol. The van der Waals surface area contributed by atoms with Crippen molar-refractivity contribution in [3.8, 4) is 0 Å². The van der Waals surface area contributed by atoms with Crippen LogP contribution in [0.3, 0.4) is 0 Å². The van der Waals surface area contributed by atoms with Crippen molar-refractivity contribution < 1.29 is 4.79 Å². The van der Waals surface area contributed by atoms with Gasteiger partial charge in [-0.25, -0.2) is 0 Å². The second-order valence-electron chi connectivity index (χ2n) is 7.18. The van der Waals surface area contributed by atoms with Crippen LogP contribution in [0.25, 0.3) is 0 Å². The first-order valence-electron chi connectivity index (χ1n) is 8.87. The first-order valence-corrected chi connectivity index (χ1v) is 8.87. The van der Waals surface area contributed by atoms with Gasteiger partial charge >= 0.3 is 0 Å². The number of rotatable bonds is 5. The lowest BCUT2D eigenvalue weighted by Crippen LogP contribution is -2.49. The molecule has 3 N–H and O–H groups in total. The van der Waals surface area contributed by atoms with Gasteiger partial charge in [-0.1, -0.05) is 19.8 Å². The fourth-order valence-electron chi connectivity index (χ4n) is 3.71. The van der Waals surface area contributed by atoms with E-state index in [2.05, 4.69) is 17.1 Å². The average Bonchev–Trinajstić information content (AvgIpc) is 2.77. The third-order valence-electron chi connectivity index (χ3n) is 5.52. The van der Waals surface area contributed by atoms with E-state index in [1.165, 1.54) is 38.8 Å². The Morgan fingerprint density at radius 3 is 2.38 bits per heavy atom. The fourth-order valence-corrected chi connectivity index (χ4v) is 3.71. The van der Waals surface area contributed by atoms with E-state index in [0.29, 0.717) is 6.54 Å². The highest BCUT2D eigenvalue weighted by Crippen LogP contribution is 2.38. The molecule has 2 rings (SSSR count). The quantitative estimate of drug-likeness (QED) is 0.817. The molecule has 4 heteroatoms. The molecule has 21 heavy (non-hydrogen) atoms. The number of amides is 1. The number of hydrogen-bond donors (Lipinski definition) is 2. The third-order valence-corrected chi connectivity index (χ3v) is 5.52. The zero-order valence-electron chi connectivity index (χ0n) is 13.7. The first-order chi connectivity index (χ1) is 10.2. The van der Waals surface area contributed by atoms with Gasteiger partial charge in [0.05, 0.1) is 5.41 Å². The predicted octanol–water partition coefficient (Wildman–Crippen LogP) is 2.13. The van der Waals surface area contributed by atoms with Crippen LogP contribution in [-0.4, -0.2) is 43.5 Å². The van der Waals surface area contributed by atoms with E-state index < -0.39 is 0 Å². The van der Waals surface area contributed by atoms with Crippen molar-refractivity contribution in [1.29, 1.82) is 0 Å². The van der Waals surface area contributed by atoms with E-state index in [1.54, 1.807) is 0 Å². The third kappa shape index (κ3) is 4.68. The van der Waals surface area contributed by atoms with Crippen LogP contribution in [0, 0.1) is 11.3 Å². The van der Waals surface area contributed by atoms with E-state index in [9.17, 15) is 4.79 Å². The van der Waals surface area contributed by atoms with Crippen LogP contribution in [0.2, 0.25) is 0 Å². The molecule has 2 aliphatic rings. The zero-order valence-corrected chi connectivity index (χ0v) is 13.7. The molecule has 0 aromatic rings. The lowest BCUT2D eigenvalue weighted by Gasteiger charge is -2.37. The molecule has 0 spiro atoms. The van der Waals surface area contributed by atoms with Crippen molar-refractivity contribution in [2.75, 3.05) is 32.7 Å². The van der Waals surface area contributed by atoms with Gasteiger partial charge < -0.3 is 16.0 Å². The van der Waals surface area contributed by atoms with Crippen LogP contribution >= 0.6 is 0 Å². The zero-order chi connectivity index (χ0) is 15.1. The highest BCUT2D eigenvalue weighted by atomic mass is 16.2. The standard InChI is InChI=1S/C17H33N3O/c1-15-6-8-17(14-18,9-7-15)16(21)19-10-13-20-11-4-2-3-5-12-20/h15H,2-14,18H2,1H3,(H,19,21). The molecule has 1 amide bonds.